The van der Waals surface area contributed by atoms with Gasteiger partial charge >= 0.3 is 0 Å². The summed E-state index contributed by atoms with van der Waals surface area (Å²) in [5, 5.41) is 3.15. The van der Waals surface area contributed by atoms with Crippen LogP contribution < -0.4 is 5.32 Å². The summed E-state index contributed by atoms with van der Waals surface area (Å²) in [6.07, 6.45) is 2.42. The van der Waals surface area contributed by atoms with E-state index in [1.807, 2.05) is 43.3 Å². The van der Waals surface area contributed by atoms with Crippen molar-refractivity contribution in [2.75, 3.05) is 33.7 Å². The van der Waals surface area contributed by atoms with Crippen LogP contribution in [0.1, 0.15) is 47.3 Å². The summed E-state index contributed by atoms with van der Waals surface area (Å²) < 4.78 is 0.955. The van der Waals surface area contributed by atoms with Gasteiger partial charge < -0.3 is 15.1 Å². The van der Waals surface area contributed by atoms with Gasteiger partial charge in [0.15, 0.2) is 0 Å². The minimum Gasteiger partial charge on any atom is -0.354 e. The molecule has 31 heavy (non-hydrogen) atoms. The first-order chi connectivity index (χ1) is 14.9. The maximum absolute atomic E-state index is 12.8. The van der Waals surface area contributed by atoms with Crippen LogP contribution >= 0.6 is 15.9 Å². The van der Waals surface area contributed by atoms with Crippen LogP contribution in [0.15, 0.2) is 53.0 Å². The average Bonchev–Trinajstić information content (AvgIpc) is 2.79. The number of carbonyl (C=O) groups is 2. The number of hydrogen-bond donors (Lipinski definition) is 1. The summed E-state index contributed by atoms with van der Waals surface area (Å²) in [7, 11) is 4.08. The second-order valence-electron chi connectivity index (χ2n) is 8.39. The fourth-order valence-electron chi connectivity index (χ4n) is 4.04. The molecule has 0 unspecified atom stereocenters. The summed E-state index contributed by atoms with van der Waals surface area (Å²) in [5.74, 6) is 0.0848. The molecule has 166 valence electrons. The van der Waals surface area contributed by atoms with Gasteiger partial charge in [-0.2, -0.15) is 0 Å². The summed E-state index contributed by atoms with van der Waals surface area (Å²) >= 11 is 3.40. The van der Waals surface area contributed by atoms with Crippen LogP contribution in [-0.2, 0) is 11.2 Å². The van der Waals surface area contributed by atoms with Gasteiger partial charge in [-0.1, -0.05) is 47.1 Å². The molecule has 1 fully saturated rings. The predicted molar refractivity (Wildman–Crippen MR) is 128 cm³/mol. The van der Waals surface area contributed by atoms with Crippen molar-refractivity contribution in [3.8, 4) is 0 Å². The van der Waals surface area contributed by atoms with Gasteiger partial charge in [-0.15, -0.1) is 0 Å². The zero-order valence-electron chi connectivity index (χ0n) is 18.6. The van der Waals surface area contributed by atoms with Crippen molar-refractivity contribution in [2.45, 2.75) is 32.2 Å². The van der Waals surface area contributed by atoms with Gasteiger partial charge in [-0.05, 0) is 68.8 Å². The Morgan fingerprint density at radius 3 is 2.23 bits per heavy atom. The van der Waals surface area contributed by atoms with Crippen molar-refractivity contribution in [3.05, 3.63) is 69.7 Å². The molecule has 6 heteroatoms. The van der Waals surface area contributed by atoms with Crippen molar-refractivity contribution in [1.29, 1.82) is 0 Å². The standard InChI is InChI=1S/C25H32BrN3O2/c1-4-18-5-7-19(8-6-18)23(28(2)3)17-27-24(30)20-13-15-29(16-14-20)25(31)21-9-11-22(26)12-10-21/h5-12,20,23H,4,13-17H2,1-3H3,(H,27,30)/t23-/m1/s1. The predicted octanol–water partition coefficient (Wildman–Crippen LogP) is 4.28. The van der Waals surface area contributed by atoms with Crippen LogP contribution in [0.3, 0.4) is 0 Å². The molecule has 2 amide bonds. The van der Waals surface area contributed by atoms with Crippen LogP contribution in [0.2, 0.25) is 0 Å². The molecule has 0 radical (unpaired) electrons. The zero-order chi connectivity index (χ0) is 22.4. The number of nitrogens with one attached hydrogen (secondary N) is 1. The molecule has 1 N–H and O–H groups in total. The van der Waals surface area contributed by atoms with Gasteiger partial charge in [0, 0.05) is 35.6 Å². The number of benzene rings is 2. The lowest BCUT2D eigenvalue weighted by molar-refractivity contribution is -0.126. The molecule has 1 saturated heterocycles. The molecule has 1 aliphatic heterocycles. The number of halogens is 1. The van der Waals surface area contributed by atoms with E-state index in [4.69, 9.17) is 0 Å². The third-order valence-corrected chi connectivity index (χ3v) is 6.64. The summed E-state index contributed by atoms with van der Waals surface area (Å²) in [6, 6.07) is 16.2. The van der Waals surface area contributed by atoms with Crippen LogP contribution in [0.25, 0.3) is 0 Å². The Balaban J connectivity index is 1.51. The molecular weight excluding hydrogens is 454 g/mol. The molecule has 5 nitrogen and oxygen atoms in total. The molecular formula is C25H32BrN3O2. The van der Waals surface area contributed by atoms with E-state index in [9.17, 15) is 9.59 Å². The Morgan fingerprint density at radius 1 is 1.06 bits per heavy atom. The highest BCUT2D eigenvalue weighted by Crippen LogP contribution is 2.22. The molecule has 0 saturated carbocycles. The first kappa shape index (κ1) is 23.5. The van der Waals surface area contributed by atoms with E-state index >= 15 is 0 Å². The first-order valence-corrected chi connectivity index (χ1v) is 11.8. The minimum atomic E-state index is -0.0424. The largest absolute Gasteiger partial charge is 0.354 e. The lowest BCUT2D eigenvalue weighted by Crippen LogP contribution is -2.44. The van der Waals surface area contributed by atoms with Gasteiger partial charge in [-0.25, -0.2) is 0 Å². The molecule has 1 aliphatic rings. The lowest BCUT2D eigenvalue weighted by atomic mass is 9.95. The third-order valence-electron chi connectivity index (χ3n) is 6.11. The average molecular weight is 486 g/mol. The topological polar surface area (TPSA) is 52.7 Å². The molecule has 3 rings (SSSR count). The Hall–Kier alpha value is -2.18. The number of likely N-dealkylation sites (tertiary alicyclic amines) is 1. The number of nitrogens with zero attached hydrogens (tertiary/aromatic N) is 2. The maximum Gasteiger partial charge on any atom is 0.253 e. The molecule has 2 aromatic carbocycles. The molecule has 1 atom stereocenters. The number of rotatable bonds is 7. The van der Waals surface area contributed by atoms with Crippen molar-refractivity contribution in [2.24, 2.45) is 5.92 Å². The lowest BCUT2D eigenvalue weighted by Gasteiger charge is -2.32. The zero-order valence-corrected chi connectivity index (χ0v) is 20.2. The van der Waals surface area contributed by atoms with Gasteiger partial charge in [0.1, 0.15) is 0 Å². The number of hydrogen-bond acceptors (Lipinski definition) is 3. The highest BCUT2D eigenvalue weighted by atomic mass is 79.9. The van der Waals surface area contributed by atoms with Crippen molar-refractivity contribution in [3.63, 3.8) is 0 Å². The van der Waals surface area contributed by atoms with Crippen LogP contribution in [0.4, 0.5) is 0 Å². The smallest absolute Gasteiger partial charge is 0.253 e. The quantitative estimate of drug-likeness (QED) is 0.636. The molecule has 0 aliphatic carbocycles. The fraction of sp³-hybridized carbons (Fsp3) is 0.440. The summed E-state index contributed by atoms with van der Waals surface area (Å²) in [6.45, 7) is 3.96. The summed E-state index contributed by atoms with van der Waals surface area (Å²) in [4.78, 5) is 29.5. The molecule has 0 aromatic heterocycles. The van der Waals surface area contributed by atoms with E-state index in [2.05, 4.69) is 57.3 Å². The van der Waals surface area contributed by atoms with Crippen molar-refractivity contribution in [1.82, 2.24) is 15.1 Å². The minimum absolute atomic E-state index is 0.0366. The van der Waals surface area contributed by atoms with Crippen LogP contribution in [0.5, 0.6) is 0 Å². The van der Waals surface area contributed by atoms with Crippen molar-refractivity contribution >= 4 is 27.7 Å². The maximum atomic E-state index is 12.8. The number of piperidine rings is 1. The van der Waals surface area contributed by atoms with E-state index in [-0.39, 0.29) is 23.8 Å². The highest BCUT2D eigenvalue weighted by molar-refractivity contribution is 9.10. The van der Waals surface area contributed by atoms with Gasteiger partial charge in [-0.3, -0.25) is 9.59 Å². The second kappa shape index (κ2) is 10.9. The summed E-state index contributed by atoms with van der Waals surface area (Å²) in [5.41, 5.74) is 3.21. The fourth-order valence-corrected chi connectivity index (χ4v) is 4.30. The molecule has 1 heterocycles. The molecule has 0 bridgehead atoms. The first-order valence-electron chi connectivity index (χ1n) is 11.0. The number of carbonyl (C=O) groups excluding carboxylic acids is 2. The SMILES string of the molecule is CCc1ccc([C@@H](CNC(=O)C2CCN(C(=O)c3ccc(Br)cc3)CC2)N(C)C)cc1. The van der Waals surface area contributed by atoms with E-state index < -0.39 is 0 Å². The van der Waals surface area contributed by atoms with Crippen LogP contribution in [-0.4, -0.2) is 55.3 Å². The molecule has 2 aromatic rings. The Bertz CT molecular complexity index is 873. The number of aryl methyl sites for hydroxylation is 1. The van der Waals surface area contributed by atoms with Crippen LogP contribution in [0, 0.1) is 5.92 Å². The van der Waals surface area contributed by atoms with E-state index in [0.717, 1.165) is 10.9 Å². The monoisotopic (exact) mass is 485 g/mol. The normalized spacial score (nSPS) is 15.7. The van der Waals surface area contributed by atoms with Gasteiger partial charge in [0.2, 0.25) is 5.91 Å². The highest BCUT2D eigenvalue weighted by Gasteiger charge is 2.28. The van der Waals surface area contributed by atoms with Gasteiger partial charge in [0.05, 0.1) is 6.04 Å². The number of likely N-dealkylation sites (N-methyl/N-ethyl adjacent to an activating group) is 1. The Kier molecular flexibility index (Phi) is 8.27. The Labute approximate surface area is 193 Å². The Morgan fingerprint density at radius 2 is 1.68 bits per heavy atom. The van der Waals surface area contributed by atoms with Gasteiger partial charge in [0.25, 0.3) is 5.91 Å². The van der Waals surface area contributed by atoms with E-state index in [1.165, 1.54) is 11.1 Å². The number of amides is 2. The third kappa shape index (κ3) is 6.17. The van der Waals surface area contributed by atoms with E-state index in [0.29, 0.717) is 38.0 Å². The van der Waals surface area contributed by atoms with Crippen molar-refractivity contribution < 1.29 is 9.59 Å². The second-order valence-corrected chi connectivity index (χ2v) is 9.31. The van der Waals surface area contributed by atoms with E-state index in [1.54, 1.807) is 0 Å². The molecule has 0 spiro atoms.